The molecule has 80 valence electrons. The first kappa shape index (κ1) is 11.4. The van der Waals surface area contributed by atoms with E-state index in [9.17, 15) is 14.0 Å². The van der Waals surface area contributed by atoms with Crippen molar-refractivity contribution in [3.8, 4) is 0 Å². The third kappa shape index (κ3) is 2.87. The van der Waals surface area contributed by atoms with Crippen molar-refractivity contribution in [3.63, 3.8) is 0 Å². The first-order valence-corrected chi connectivity index (χ1v) is 4.49. The molecule has 1 aromatic carbocycles. The average Bonchev–Trinajstić information content (AvgIpc) is 2.26. The number of methoxy groups -OCH3 is 1. The van der Waals surface area contributed by atoms with Crippen LogP contribution in [-0.4, -0.2) is 19.4 Å². The van der Waals surface area contributed by atoms with Gasteiger partial charge in [0.15, 0.2) is 0 Å². The van der Waals surface area contributed by atoms with Gasteiger partial charge in [-0.15, -0.1) is 0 Å². The fraction of sp³-hybridized carbons (Fsp3) is 0.273. The van der Waals surface area contributed by atoms with Crippen molar-refractivity contribution in [1.29, 1.82) is 0 Å². The summed E-state index contributed by atoms with van der Waals surface area (Å²) in [6.07, 6.45) is 1.35. The Morgan fingerprint density at radius 3 is 2.80 bits per heavy atom. The molecule has 0 unspecified atom stereocenters. The number of rotatable bonds is 4. The van der Waals surface area contributed by atoms with E-state index in [-0.39, 0.29) is 12.0 Å². The molecular formula is C11H11FO3. The third-order valence-corrected chi connectivity index (χ3v) is 2.01. The number of halogens is 1. The lowest BCUT2D eigenvalue weighted by atomic mass is 10.1. The van der Waals surface area contributed by atoms with Gasteiger partial charge in [-0.2, -0.15) is 0 Å². The molecule has 0 amide bonds. The van der Waals surface area contributed by atoms with Crippen molar-refractivity contribution in [1.82, 2.24) is 0 Å². The summed E-state index contributed by atoms with van der Waals surface area (Å²) in [5.41, 5.74) is 0.597. The molecule has 0 N–H and O–H groups in total. The maximum Gasteiger partial charge on any atom is 0.337 e. The molecule has 0 spiro atoms. The predicted molar refractivity (Wildman–Crippen MR) is 52.1 cm³/mol. The fourth-order valence-corrected chi connectivity index (χ4v) is 1.21. The second-order valence-electron chi connectivity index (χ2n) is 3.00. The smallest absolute Gasteiger partial charge is 0.337 e. The molecule has 15 heavy (non-hydrogen) atoms. The lowest BCUT2D eigenvalue weighted by molar-refractivity contribution is -0.107. The molecule has 1 aromatic rings. The number of ether oxygens (including phenoxy) is 1. The van der Waals surface area contributed by atoms with Crippen LogP contribution in [0.3, 0.4) is 0 Å². The van der Waals surface area contributed by atoms with Crippen LogP contribution in [0.4, 0.5) is 4.39 Å². The molecule has 0 saturated carbocycles. The van der Waals surface area contributed by atoms with Gasteiger partial charge in [0.25, 0.3) is 0 Å². The topological polar surface area (TPSA) is 43.4 Å². The maximum atomic E-state index is 13.3. The number of esters is 1. The molecule has 0 heterocycles. The normalized spacial score (nSPS) is 9.73. The van der Waals surface area contributed by atoms with Crippen LogP contribution in [0.25, 0.3) is 0 Å². The highest BCUT2D eigenvalue weighted by atomic mass is 19.1. The summed E-state index contributed by atoms with van der Waals surface area (Å²) in [5, 5.41) is 0. The number of carbonyl (C=O) groups excluding carboxylic acids is 2. The van der Waals surface area contributed by atoms with E-state index in [0.29, 0.717) is 12.0 Å². The van der Waals surface area contributed by atoms with Gasteiger partial charge in [0.05, 0.1) is 12.7 Å². The summed E-state index contributed by atoms with van der Waals surface area (Å²) in [6.45, 7) is 0. The van der Waals surface area contributed by atoms with E-state index in [1.807, 2.05) is 0 Å². The zero-order chi connectivity index (χ0) is 11.3. The SMILES string of the molecule is COC(=O)c1ccc(CCC=O)c(F)c1. The molecule has 0 aliphatic heterocycles. The van der Waals surface area contributed by atoms with Crippen LogP contribution in [-0.2, 0) is 16.0 Å². The van der Waals surface area contributed by atoms with Gasteiger partial charge in [-0.1, -0.05) is 6.07 Å². The van der Waals surface area contributed by atoms with Crippen molar-refractivity contribution in [2.45, 2.75) is 12.8 Å². The number of hydrogen-bond donors (Lipinski definition) is 0. The van der Waals surface area contributed by atoms with Crippen molar-refractivity contribution >= 4 is 12.3 Å². The Bertz CT molecular complexity index is 374. The molecule has 0 saturated heterocycles. The van der Waals surface area contributed by atoms with E-state index in [2.05, 4.69) is 4.74 Å². The van der Waals surface area contributed by atoms with E-state index in [0.717, 1.165) is 12.4 Å². The standard InChI is InChI=1S/C11H11FO3/c1-15-11(14)9-5-4-8(3-2-6-13)10(12)7-9/h4-7H,2-3H2,1H3. The largest absolute Gasteiger partial charge is 0.465 e. The summed E-state index contributed by atoms with van der Waals surface area (Å²) in [7, 11) is 1.24. The summed E-state index contributed by atoms with van der Waals surface area (Å²) in [6, 6.07) is 4.09. The van der Waals surface area contributed by atoms with Gasteiger partial charge >= 0.3 is 5.97 Å². The van der Waals surface area contributed by atoms with Gasteiger partial charge in [0.1, 0.15) is 12.1 Å². The van der Waals surface area contributed by atoms with E-state index >= 15 is 0 Å². The molecule has 0 aliphatic carbocycles. The van der Waals surface area contributed by atoms with Crippen LogP contribution in [0.2, 0.25) is 0 Å². The van der Waals surface area contributed by atoms with Gasteiger partial charge in [-0.3, -0.25) is 0 Å². The second-order valence-corrected chi connectivity index (χ2v) is 3.00. The average molecular weight is 210 g/mol. The van der Waals surface area contributed by atoms with E-state index in [4.69, 9.17) is 0 Å². The molecule has 0 atom stereocenters. The monoisotopic (exact) mass is 210 g/mol. The Morgan fingerprint density at radius 1 is 1.53 bits per heavy atom. The Labute approximate surface area is 86.9 Å². The van der Waals surface area contributed by atoms with Gasteiger partial charge in [-0.05, 0) is 24.1 Å². The summed E-state index contributed by atoms with van der Waals surface area (Å²) < 4.78 is 17.8. The van der Waals surface area contributed by atoms with Gasteiger partial charge < -0.3 is 9.53 Å². The zero-order valence-electron chi connectivity index (χ0n) is 8.33. The molecule has 0 aromatic heterocycles. The van der Waals surface area contributed by atoms with Gasteiger partial charge in [0, 0.05) is 6.42 Å². The molecule has 3 nitrogen and oxygen atoms in total. The Hall–Kier alpha value is -1.71. The lowest BCUT2D eigenvalue weighted by Crippen LogP contribution is -2.03. The van der Waals surface area contributed by atoms with E-state index in [1.54, 1.807) is 0 Å². The number of hydrogen-bond acceptors (Lipinski definition) is 3. The second kappa shape index (κ2) is 5.24. The Balaban J connectivity index is 2.87. The molecule has 1 rings (SSSR count). The first-order chi connectivity index (χ1) is 7.19. The van der Waals surface area contributed by atoms with Crippen LogP contribution < -0.4 is 0 Å². The van der Waals surface area contributed by atoms with Crippen LogP contribution in [0, 0.1) is 5.82 Å². The first-order valence-electron chi connectivity index (χ1n) is 4.49. The minimum atomic E-state index is -0.573. The van der Waals surface area contributed by atoms with Crippen molar-refractivity contribution < 1.29 is 18.7 Å². The van der Waals surface area contributed by atoms with Crippen LogP contribution in [0.1, 0.15) is 22.3 Å². The quantitative estimate of drug-likeness (QED) is 0.561. The molecule has 0 bridgehead atoms. The van der Waals surface area contributed by atoms with Crippen LogP contribution >= 0.6 is 0 Å². The van der Waals surface area contributed by atoms with E-state index < -0.39 is 11.8 Å². The molecular weight excluding hydrogens is 199 g/mol. The van der Waals surface area contributed by atoms with Crippen LogP contribution in [0.5, 0.6) is 0 Å². The molecule has 0 fully saturated rings. The summed E-state index contributed by atoms with van der Waals surface area (Å²) in [4.78, 5) is 21.2. The third-order valence-electron chi connectivity index (χ3n) is 2.01. The minimum absolute atomic E-state index is 0.171. The van der Waals surface area contributed by atoms with Crippen molar-refractivity contribution in [2.75, 3.05) is 7.11 Å². The van der Waals surface area contributed by atoms with Crippen molar-refractivity contribution in [2.24, 2.45) is 0 Å². The van der Waals surface area contributed by atoms with Gasteiger partial charge in [0.2, 0.25) is 0 Å². The Morgan fingerprint density at radius 2 is 2.27 bits per heavy atom. The highest BCUT2D eigenvalue weighted by molar-refractivity contribution is 5.89. The zero-order valence-corrected chi connectivity index (χ0v) is 8.33. The molecule has 0 radical (unpaired) electrons. The number of benzene rings is 1. The molecule has 0 aliphatic rings. The van der Waals surface area contributed by atoms with Crippen molar-refractivity contribution in [3.05, 3.63) is 35.1 Å². The fourth-order valence-electron chi connectivity index (χ4n) is 1.21. The molecule has 4 heteroatoms. The Kier molecular flexibility index (Phi) is 3.97. The minimum Gasteiger partial charge on any atom is -0.465 e. The van der Waals surface area contributed by atoms with Crippen LogP contribution in [0.15, 0.2) is 18.2 Å². The number of aryl methyl sites for hydroxylation is 1. The summed E-state index contributed by atoms with van der Waals surface area (Å²) in [5.74, 6) is -1.06. The maximum absolute atomic E-state index is 13.3. The summed E-state index contributed by atoms with van der Waals surface area (Å²) >= 11 is 0. The van der Waals surface area contributed by atoms with E-state index in [1.165, 1.54) is 19.2 Å². The number of carbonyl (C=O) groups is 2. The lowest BCUT2D eigenvalue weighted by Gasteiger charge is -2.03. The number of aldehydes is 1. The predicted octanol–water partition coefficient (Wildman–Crippen LogP) is 1.74. The highest BCUT2D eigenvalue weighted by Crippen LogP contribution is 2.12. The van der Waals surface area contributed by atoms with Gasteiger partial charge in [-0.25, -0.2) is 9.18 Å². The highest BCUT2D eigenvalue weighted by Gasteiger charge is 2.09.